The van der Waals surface area contributed by atoms with Gasteiger partial charge in [-0.05, 0) is 45.2 Å². The molecule has 1 aliphatic heterocycles. The second kappa shape index (κ2) is 8.22. The molecule has 2 N–H and O–H groups in total. The largest absolute Gasteiger partial charge is 0.376 e. The van der Waals surface area contributed by atoms with Crippen LogP contribution in [0.5, 0.6) is 0 Å². The SMILES string of the molecule is Cc1nc(-c2cccc(NC(=O)C(C)OCC3CCCCO3)c2)n[nH]1. The Hall–Kier alpha value is -2.25. The summed E-state index contributed by atoms with van der Waals surface area (Å²) in [6, 6.07) is 7.44. The molecule has 1 saturated heterocycles. The molecular weight excluding hydrogens is 320 g/mol. The molecule has 0 radical (unpaired) electrons. The summed E-state index contributed by atoms with van der Waals surface area (Å²) in [5.41, 5.74) is 1.53. The maximum absolute atomic E-state index is 12.3. The average Bonchev–Trinajstić information content (AvgIpc) is 3.07. The van der Waals surface area contributed by atoms with Crippen molar-refractivity contribution in [2.45, 2.75) is 45.3 Å². The summed E-state index contributed by atoms with van der Waals surface area (Å²) in [5, 5.41) is 9.82. The summed E-state index contributed by atoms with van der Waals surface area (Å²) >= 11 is 0. The number of ether oxygens (including phenoxy) is 2. The quantitative estimate of drug-likeness (QED) is 0.841. The third-order valence-electron chi connectivity index (χ3n) is 4.16. The summed E-state index contributed by atoms with van der Waals surface area (Å²) in [6.45, 7) is 4.82. The Labute approximate surface area is 147 Å². The molecule has 1 aromatic carbocycles. The van der Waals surface area contributed by atoms with E-state index in [1.165, 1.54) is 0 Å². The fourth-order valence-electron chi connectivity index (χ4n) is 2.72. The van der Waals surface area contributed by atoms with Crippen LogP contribution in [0.3, 0.4) is 0 Å². The molecule has 7 heteroatoms. The monoisotopic (exact) mass is 344 g/mol. The summed E-state index contributed by atoms with van der Waals surface area (Å²) in [4.78, 5) is 16.6. The lowest BCUT2D eigenvalue weighted by Crippen LogP contribution is -2.32. The Morgan fingerprint density at radius 3 is 3.08 bits per heavy atom. The van der Waals surface area contributed by atoms with Gasteiger partial charge in [0.25, 0.3) is 5.91 Å². The zero-order valence-electron chi connectivity index (χ0n) is 14.6. The smallest absolute Gasteiger partial charge is 0.253 e. The van der Waals surface area contributed by atoms with E-state index in [-0.39, 0.29) is 12.0 Å². The highest BCUT2D eigenvalue weighted by Gasteiger charge is 2.19. The van der Waals surface area contributed by atoms with Crippen LogP contribution in [0.4, 0.5) is 5.69 Å². The van der Waals surface area contributed by atoms with E-state index < -0.39 is 6.10 Å². The number of nitrogens with one attached hydrogen (secondary N) is 2. The van der Waals surface area contributed by atoms with Gasteiger partial charge in [0.1, 0.15) is 11.9 Å². The van der Waals surface area contributed by atoms with E-state index in [0.717, 1.165) is 37.3 Å². The molecule has 1 fully saturated rings. The van der Waals surface area contributed by atoms with E-state index >= 15 is 0 Å². The van der Waals surface area contributed by atoms with Crippen molar-refractivity contribution in [3.05, 3.63) is 30.1 Å². The topological polar surface area (TPSA) is 89.1 Å². The Balaban J connectivity index is 1.55. The van der Waals surface area contributed by atoms with Crippen molar-refractivity contribution in [2.75, 3.05) is 18.5 Å². The van der Waals surface area contributed by atoms with Gasteiger partial charge >= 0.3 is 0 Å². The van der Waals surface area contributed by atoms with Crippen molar-refractivity contribution in [1.29, 1.82) is 0 Å². The second-order valence-electron chi connectivity index (χ2n) is 6.28. The molecule has 2 aromatic rings. The highest BCUT2D eigenvalue weighted by atomic mass is 16.5. The molecule has 2 atom stereocenters. The molecule has 7 nitrogen and oxygen atoms in total. The number of nitrogens with zero attached hydrogens (tertiary/aromatic N) is 2. The summed E-state index contributed by atoms with van der Waals surface area (Å²) in [5.74, 6) is 1.17. The molecule has 2 unspecified atom stereocenters. The number of carbonyl (C=O) groups excluding carboxylic acids is 1. The third-order valence-corrected chi connectivity index (χ3v) is 4.16. The second-order valence-corrected chi connectivity index (χ2v) is 6.28. The van der Waals surface area contributed by atoms with Crippen LogP contribution in [-0.4, -0.2) is 46.5 Å². The summed E-state index contributed by atoms with van der Waals surface area (Å²) < 4.78 is 11.3. The molecule has 1 aromatic heterocycles. The predicted octanol–water partition coefficient (Wildman–Crippen LogP) is 2.69. The van der Waals surface area contributed by atoms with Gasteiger partial charge in [-0.15, -0.1) is 0 Å². The van der Waals surface area contributed by atoms with Gasteiger partial charge in [0.05, 0.1) is 12.7 Å². The highest BCUT2D eigenvalue weighted by molar-refractivity contribution is 5.94. The first kappa shape index (κ1) is 17.6. The van der Waals surface area contributed by atoms with Gasteiger partial charge in [-0.1, -0.05) is 12.1 Å². The minimum atomic E-state index is -0.542. The number of aryl methyl sites for hydroxylation is 1. The molecule has 134 valence electrons. The number of carbonyl (C=O) groups is 1. The van der Waals surface area contributed by atoms with Gasteiger partial charge in [0.15, 0.2) is 5.82 Å². The molecule has 0 saturated carbocycles. The molecule has 1 amide bonds. The Morgan fingerprint density at radius 1 is 1.48 bits per heavy atom. The van der Waals surface area contributed by atoms with Crippen molar-refractivity contribution in [3.8, 4) is 11.4 Å². The van der Waals surface area contributed by atoms with E-state index in [1.54, 1.807) is 6.92 Å². The molecule has 1 aliphatic rings. The van der Waals surface area contributed by atoms with E-state index in [0.29, 0.717) is 18.1 Å². The van der Waals surface area contributed by atoms with Gasteiger partial charge in [-0.3, -0.25) is 9.89 Å². The molecule has 0 aliphatic carbocycles. The van der Waals surface area contributed by atoms with Crippen LogP contribution in [0.1, 0.15) is 32.0 Å². The number of H-pyrrole nitrogens is 1. The van der Waals surface area contributed by atoms with E-state index in [4.69, 9.17) is 9.47 Å². The van der Waals surface area contributed by atoms with Crippen LogP contribution in [0, 0.1) is 6.92 Å². The minimum Gasteiger partial charge on any atom is -0.376 e. The molecule has 3 rings (SSSR count). The van der Waals surface area contributed by atoms with Gasteiger partial charge < -0.3 is 14.8 Å². The maximum Gasteiger partial charge on any atom is 0.253 e. The standard InChI is InChI=1S/C18H24N4O3/c1-12(25-11-16-8-3-4-9-24-16)18(23)20-15-7-5-6-14(10-15)17-19-13(2)21-22-17/h5-7,10,12,16H,3-4,8-9,11H2,1-2H3,(H,20,23)(H,19,21,22). The van der Waals surface area contributed by atoms with E-state index in [2.05, 4.69) is 20.5 Å². The lowest BCUT2D eigenvalue weighted by molar-refractivity contribution is -0.130. The fourth-order valence-corrected chi connectivity index (χ4v) is 2.72. The minimum absolute atomic E-state index is 0.0984. The average molecular weight is 344 g/mol. The lowest BCUT2D eigenvalue weighted by Gasteiger charge is -2.23. The summed E-state index contributed by atoms with van der Waals surface area (Å²) in [6.07, 6.45) is 2.81. The molecule has 25 heavy (non-hydrogen) atoms. The Morgan fingerprint density at radius 2 is 2.36 bits per heavy atom. The zero-order valence-corrected chi connectivity index (χ0v) is 14.6. The normalized spacial score (nSPS) is 18.7. The number of rotatable bonds is 6. The molecule has 0 spiro atoms. The van der Waals surface area contributed by atoms with Crippen molar-refractivity contribution < 1.29 is 14.3 Å². The third kappa shape index (κ3) is 4.87. The number of aromatic amines is 1. The number of amides is 1. The van der Waals surface area contributed by atoms with Crippen molar-refractivity contribution in [1.82, 2.24) is 15.2 Å². The van der Waals surface area contributed by atoms with Crippen molar-refractivity contribution in [3.63, 3.8) is 0 Å². The Kier molecular flexibility index (Phi) is 5.78. The van der Waals surface area contributed by atoms with Crippen LogP contribution < -0.4 is 5.32 Å². The molecular formula is C18H24N4O3. The number of hydrogen-bond acceptors (Lipinski definition) is 5. The van der Waals surface area contributed by atoms with Crippen LogP contribution in [0.25, 0.3) is 11.4 Å². The first-order valence-electron chi connectivity index (χ1n) is 8.65. The number of benzene rings is 1. The molecule has 0 bridgehead atoms. The first-order chi connectivity index (χ1) is 12.1. The first-order valence-corrected chi connectivity index (χ1v) is 8.65. The lowest BCUT2D eigenvalue weighted by atomic mass is 10.1. The zero-order chi connectivity index (χ0) is 17.6. The van der Waals surface area contributed by atoms with E-state index in [9.17, 15) is 4.79 Å². The van der Waals surface area contributed by atoms with Crippen molar-refractivity contribution in [2.24, 2.45) is 0 Å². The van der Waals surface area contributed by atoms with Crippen LogP contribution in [-0.2, 0) is 14.3 Å². The van der Waals surface area contributed by atoms with Crippen molar-refractivity contribution >= 4 is 11.6 Å². The van der Waals surface area contributed by atoms with Crippen LogP contribution >= 0.6 is 0 Å². The highest BCUT2D eigenvalue weighted by Crippen LogP contribution is 2.20. The Bertz CT molecular complexity index is 710. The van der Waals surface area contributed by atoms with Crippen LogP contribution in [0.2, 0.25) is 0 Å². The van der Waals surface area contributed by atoms with Gasteiger partial charge in [0.2, 0.25) is 0 Å². The van der Waals surface area contributed by atoms with Crippen LogP contribution in [0.15, 0.2) is 24.3 Å². The fraction of sp³-hybridized carbons (Fsp3) is 0.500. The summed E-state index contributed by atoms with van der Waals surface area (Å²) in [7, 11) is 0. The van der Waals surface area contributed by atoms with Gasteiger partial charge in [-0.25, -0.2) is 4.98 Å². The number of hydrogen-bond donors (Lipinski definition) is 2. The predicted molar refractivity (Wildman–Crippen MR) is 94.2 cm³/mol. The van der Waals surface area contributed by atoms with Gasteiger partial charge in [-0.2, -0.15) is 5.10 Å². The molecule has 2 heterocycles. The number of anilines is 1. The maximum atomic E-state index is 12.3. The van der Waals surface area contributed by atoms with Gasteiger partial charge in [0, 0.05) is 17.9 Å². The van der Waals surface area contributed by atoms with E-state index in [1.807, 2.05) is 31.2 Å². The number of aromatic nitrogens is 3.